The van der Waals surface area contributed by atoms with Crippen molar-refractivity contribution in [2.75, 3.05) is 14.2 Å². The Morgan fingerprint density at radius 2 is 1.80 bits per heavy atom. The summed E-state index contributed by atoms with van der Waals surface area (Å²) in [5, 5.41) is 9.21. The molecule has 0 amide bonds. The molecule has 0 saturated heterocycles. The van der Waals surface area contributed by atoms with Crippen LogP contribution < -0.4 is 14.2 Å². The van der Waals surface area contributed by atoms with Gasteiger partial charge in [-0.2, -0.15) is 0 Å². The number of hydrogen-bond donors (Lipinski definition) is 1. The first-order valence-corrected chi connectivity index (χ1v) is 7.10. The van der Waals surface area contributed by atoms with Gasteiger partial charge in [0.05, 0.1) is 25.2 Å². The quantitative estimate of drug-likeness (QED) is 0.886. The summed E-state index contributed by atoms with van der Waals surface area (Å²) < 4.78 is 17.1. The van der Waals surface area contributed by atoms with Crippen LogP contribution in [-0.2, 0) is 13.2 Å². The van der Waals surface area contributed by atoms with Gasteiger partial charge in [-0.15, -0.1) is 11.3 Å². The lowest BCUT2D eigenvalue weighted by Gasteiger charge is -2.15. The molecule has 0 fully saturated rings. The number of methoxy groups -OCH3 is 2. The Morgan fingerprint density at radius 3 is 2.25 bits per heavy atom. The fourth-order valence-electron chi connectivity index (χ4n) is 1.74. The molecule has 1 heterocycles. The first kappa shape index (κ1) is 15.0. The van der Waals surface area contributed by atoms with Gasteiger partial charge in [0.1, 0.15) is 6.61 Å². The Hall–Kier alpha value is -1.43. The molecular weight excluding hydrogens is 300 g/mol. The van der Waals surface area contributed by atoms with Crippen molar-refractivity contribution in [3.05, 3.63) is 39.0 Å². The minimum absolute atomic E-state index is 0.0897. The van der Waals surface area contributed by atoms with Crippen molar-refractivity contribution in [1.82, 2.24) is 0 Å². The lowest BCUT2D eigenvalue weighted by Crippen LogP contribution is -2.00. The summed E-state index contributed by atoms with van der Waals surface area (Å²) in [6.07, 6.45) is 0. The van der Waals surface area contributed by atoms with Crippen LogP contribution in [0.3, 0.4) is 0 Å². The van der Waals surface area contributed by atoms with Crippen LogP contribution in [0.1, 0.15) is 10.4 Å². The summed E-state index contributed by atoms with van der Waals surface area (Å²) in [4.78, 5) is 1.00. The normalized spacial score (nSPS) is 10.4. The molecule has 20 heavy (non-hydrogen) atoms. The molecule has 4 nitrogen and oxygen atoms in total. The molecule has 0 atom stereocenters. The van der Waals surface area contributed by atoms with E-state index in [1.807, 2.05) is 12.1 Å². The van der Waals surface area contributed by atoms with Gasteiger partial charge >= 0.3 is 0 Å². The Labute approximate surface area is 126 Å². The van der Waals surface area contributed by atoms with Crippen molar-refractivity contribution >= 4 is 22.9 Å². The van der Waals surface area contributed by atoms with Crippen LogP contribution in [0, 0.1) is 0 Å². The Balaban J connectivity index is 2.24. The smallest absolute Gasteiger partial charge is 0.203 e. The van der Waals surface area contributed by atoms with E-state index < -0.39 is 0 Å². The summed E-state index contributed by atoms with van der Waals surface area (Å²) in [7, 11) is 3.09. The number of hydrogen-bond acceptors (Lipinski definition) is 5. The summed E-state index contributed by atoms with van der Waals surface area (Å²) in [6, 6.07) is 7.18. The highest BCUT2D eigenvalue weighted by Gasteiger charge is 2.14. The molecule has 1 N–H and O–H groups in total. The maximum Gasteiger partial charge on any atom is 0.203 e. The molecule has 0 aliphatic rings. The molecule has 0 aliphatic carbocycles. The standard InChI is InChI=1S/C14H15ClO4S/c1-17-11-5-9(7-16)6-12(18-2)14(11)19-8-10-3-4-13(15)20-10/h3-6,16H,7-8H2,1-2H3. The van der Waals surface area contributed by atoms with Crippen LogP contribution in [0.4, 0.5) is 0 Å². The molecule has 0 bridgehead atoms. The van der Waals surface area contributed by atoms with E-state index in [0.717, 1.165) is 9.21 Å². The van der Waals surface area contributed by atoms with Crippen LogP contribution >= 0.6 is 22.9 Å². The van der Waals surface area contributed by atoms with Gasteiger partial charge in [-0.1, -0.05) is 11.6 Å². The Morgan fingerprint density at radius 1 is 1.15 bits per heavy atom. The average molecular weight is 315 g/mol. The van der Waals surface area contributed by atoms with Crippen molar-refractivity contribution in [1.29, 1.82) is 0 Å². The second-order valence-electron chi connectivity index (χ2n) is 3.98. The van der Waals surface area contributed by atoms with Gasteiger partial charge in [0.25, 0.3) is 0 Å². The molecule has 2 rings (SSSR count). The van der Waals surface area contributed by atoms with E-state index in [4.69, 9.17) is 25.8 Å². The van der Waals surface area contributed by atoms with Crippen LogP contribution in [0.5, 0.6) is 17.2 Å². The number of rotatable bonds is 6. The number of halogens is 1. The first-order chi connectivity index (χ1) is 9.67. The zero-order valence-corrected chi connectivity index (χ0v) is 12.8. The second-order valence-corrected chi connectivity index (χ2v) is 5.78. The summed E-state index contributed by atoms with van der Waals surface area (Å²) in [5.41, 5.74) is 0.699. The van der Waals surface area contributed by atoms with Gasteiger partial charge in [-0.25, -0.2) is 0 Å². The number of thiophene rings is 1. The highest BCUT2D eigenvalue weighted by molar-refractivity contribution is 7.16. The number of aliphatic hydroxyl groups is 1. The molecule has 6 heteroatoms. The second kappa shape index (κ2) is 6.83. The summed E-state index contributed by atoms with van der Waals surface area (Å²) >= 11 is 7.34. The van der Waals surface area contributed by atoms with Crippen molar-refractivity contribution in [3.63, 3.8) is 0 Å². The van der Waals surface area contributed by atoms with E-state index in [9.17, 15) is 5.11 Å². The predicted molar refractivity (Wildman–Crippen MR) is 79.1 cm³/mol. The lowest BCUT2D eigenvalue weighted by atomic mass is 10.2. The molecular formula is C14H15ClO4S. The topological polar surface area (TPSA) is 47.9 Å². The number of benzene rings is 1. The molecule has 2 aromatic rings. The summed E-state index contributed by atoms with van der Waals surface area (Å²) in [6.45, 7) is 0.288. The number of ether oxygens (including phenoxy) is 3. The van der Waals surface area contributed by atoms with Gasteiger partial charge in [0.2, 0.25) is 5.75 Å². The Bertz CT molecular complexity index is 557. The minimum Gasteiger partial charge on any atom is -0.493 e. The van der Waals surface area contributed by atoms with E-state index in [1.54, 1.807) is 26.4 Å². The van der Waals surface area contributed by atoms with Gasteiger partial charge in [-0.3, -0.25) is 0 Å². The fourth-order valence-corrected chi connectivity index (χ4v) is 2.74. The van der Waals surface area contributed by atoms with Gasteiger partial charge < -0.3 is 19.3 Å². The van der Waals surface area contributed by atoms with Gasteiger partial charge in [-0.05, 0) is 29.8 Å². The molecule has 1 aromatic carbocycles. The minimum atomic E-state index is -0.0897. The highest BCUT2D eigenvalue weighted by Crippen LogP contribution is 2.39. The van der Waals surface area contributed by atoms with Crippen molar-refractivity contribution in [2.24, 2.45) is 0 Å². The third-order valence-corrected chi connectivity index (χ3v) is 3.90. The molecule has 0 saturated carbocycles. The zero-order chi connectivity index (χ0) is 14.5. The van der Waals surface area contributed by atoms with Crippen LogP contribution in [0.15, 0.2) is 24.3 Å². The van der Waals surface area contributed by atoms with E-state index in [2.05, 4.69) is 0 Å². The molecule has 108 valence electrons. The molecule has 1 aromatic heterocycles. The Kier molecular flexibility index (Phi) is 5.11. The highest BCUT2D eigenvalue weighted by atomic mass is 35.5. The first-order valence-electron chi connectivity index (χ1n) is 5.90. The molecule has 0 unspecified atom stereocenters. The maximum absolute atomic E-state index is 9.21. The number of aliphatic hydroxyl groups excluding tert-OH is 1. The van der Waals surface area contributed by atoms with Crippen molar-refractivity contribution in [3.8, 4) is 17.2 Å². The van der Waals surface area contributed by atoms with Gasteiger partial charge in [0, 0.05) is 4.88 Å². The maximum atomic E-state index is 9.21. The third-order valence-electron chi connectivity index (χ3n) is 2.69. The molecule has 0 aliphatic heterocycles. The van der Waals surface area contributed by atoms with E-state index in [1.165, 1.54) is 11.3 Å². The van der Waals surface area contributed by atoms with Crippen molar-refractivity contribution < 1.29 is 19.3 Å². The van der Waals surface area contributed by atoms with Crippen molar-refractivity contribution in [2.45, 2.75) is 13.2 Å². The largest absolute Gasteiger partial charge is 0.493 e. The fraction of sp³-hybridized carbons (Fsp3) is 0.286. The van der Waals surface area contributed by atoms with E-state index in [0.29, 0.717) is 29.4 Å². The molecule has 0 spiro atoms. The van der Waals surface area contributed by atoms with Crippen LogP contribution in [0.25, 0.3) is 0 Å². The average Bonchev–Trinajstić information content (AvgIpc) is 2.89. The van der Waals surface area contributed by atoms with E-state index in [-0.39, 0.29) is 6.61 Å². The summed E-state index contributed by atoms with van der Waals surface area (Å²) in [5.74, 6) is 1.56. The zero-order valence-electron chi connectivity index (χ0n) is 11.2. The van der Waals surface area contributed by atoms with E-state index >= 15 is 0 Å². The predicted octanol–water partition coefficient (Wildman–Crippen LogP) is 3.49. The SMILES string of the molecule is COc1cc(CO)cc(OC)c1OCc1ccc(Cl)s1. The molecule has 0 radical (unpaired) electrons. The van der Waals surface area contributed by atoms with Crippen LogP contribution in [0.2, 0.25) is 4.34 Å². The monoisotopic (exact) mass is 314 g/mol. The van der Waals surface area contributed by atoms with Crippen LogP contribution in [-0.4, -0.2) is 19.3 Å². The third kappa shape index (κ3) is 3.36. The van der Waals surface area contributed by atoms with Gasteiger partial charge in [0.15, 0.2) is 11.5 Å². The lowest BCUT2D eigenvalue weighted by molar-refractivity contribution is 0.261.